The van der Waals surface area contributed by atoms with Gasteiger partial charge < -0.3 is 10.2 Å². The van der Waals surface area contributed by atoms with Crippen LogP contribution in [-0.4, -0.2) is 42.1 Å². The summed E-state index contributed by atoms with van der Waals surface area (Å²) in [6, 6.07) is 6.74. The number of hydrogen-bond donors (Lipinski definition) is 1. The largest absolute Gasteiger partial charge is 0.341 e. The number of benzene rings is 1. The molecule has 1 N–H and O–H groups in total. The van der Waals surface area contributed by atoms with Gasteiger partial charge in [0.25, 0.3) is 5.91 Å². The molecule has 0 aliphatic heterocycles. The summed E-state index contributed by atoms with van der Waals surface area (Å²) in [5, 5.41) is 2.88. The average molecular weight is 439 g/mol. The summed E-state index contributed by atoms with van der Waals surface area (Å²) in [6.07, 6.45) is 1.41. The fraction of sp³-hybridized carbons (Fsp3) is 0.450. The zero-order valence-corrected chi connectivity index (χ0v) is 18.9. The van der Waals surface area contributed by atoms with Crippen molar-refractivity contribution in [2.24, 2.45) is 0 Å². The van der Waals surface area contributed by atoms with E-state index in [1.54, 1.807) is 45.0 Å². The lowest BCUT2D eigenvalue weighted by Crippen LogP contribution is -2.29. The van der Waals surface area contributed by atoms with Crippen LogP contribution >= 0.6 is 11.6 Å². The summed E-state index contributed by atoms with van der Waals surface area (Å²) < 4.78 is 24.0. The standard InChI is InChI=1S/C20H27ClN4O3S/c1-6-25(7-2)19-22-12-16(21)17(24-19)18(26)23-15-10-8-9-14(11-15)13-29(27,28)20(3,4)5/h8-12H,6-7,13H2,1-5H3,(H,23,26). The molecule has 0 saturated carbocycles. The Hall–Kier alpha value is -2.19. The molecule has 2 aromatic rings. The monoisotopic (exact) mass is 438 g/mol. The lowest BCUT2D eigenvalue weighted by molar-refractivity contribution is 0.102. The fourth-order valence-corrected chi connectivity index (χ4v) is 3.77. The van der Waals surface area contributed by atoms with E-state index < -0.39 is 20.5 Å². The first-order chi connectivity index (χ1) is 13.5. The molecule has 0 radical (unpaired) electrons. The highest BCUT2D eigenvalue weighted by Gasteiger charge is 2.29. The van der Waals surface area contributed by atoms with Gasteiger partial charge in [0, 0.05) is 18.8 Å². The molecular weight excluding hydrogens is 412 g/mol. The van der Waals surface area contributed by atoms with Crippen LogP contribution in [0.15, 0.2) is 30.5 Å². The Morgan fingerprint density at radius 1 is 1.21 bits per heavy atom. The highest BCUT2D eigenvalue weighted by molar-refractivity contribution is 7.91. The molecule has 0 fully saturated rings. The molecule has 1 aromatic heterocycles. The molecule has 2 rings (SSSR count). The molecule has 0 unspecified atom stereocenters. The van der Waals surface area contributed by atoms with Gasteiger partial charge in [-0.15, -0.1) is 0 Å². The summed E-state index contributed by atoms with van der Waals surface area (Å²) in [7, 11) is -3.34. The number of aromatic nitrogens is 2. The summed E-state index contributed by atoms with van der Waals surface area (Å²) in [5.74, 6) is -0.170. The second-order valence-electron chi connectivity index (χ2n) is 7.56. The Kier molecular flexibility index (Phi) is 7.24. The van der Waals surface area contributed by atoms with Gasteiger partial charge in [-0.1, -0.05) is 23.7 Å². The molecule has 0 saturated heterocycles. The highest BCUT2D eigenvalue weighted by Crippen LogP contribution is 2.23. The molecule has 1 amide bonds. The van der Waals surface area contributed by atoms with Gasteiger partial charge in [-0.05, 0) is 52.3 Å². The summed E-state index contributed by atoms with van der Waals surface area (Å²) in [5.41, 5.74) is 1.13. The Balaban J connectivity index is 2.25. The number of anilines is 2. The van der Waals surface area contributed by atoms with Crippen molar-refractivity contribution in [3.8, 4) is 0 Å². The van der Waals surface area contributed by atoms with Crippen LogP contribution in [0, 0.1) is 0 Å². The molecule has 1 heterocycles. The first-order valence-electron chi connectivity index (χ1n) is 9.38. The molecule has 0 spiro atoms. The van der Waals surface area contributed by atoms with Crippen LogP contribution in [0.1, 0.15) is 50.7 Å². The molecule has 158 valence electrons. The average Bonchev–Trinajstić information content (AvgIpc) is 2.63. The third-order valence-corrected chi connectivity index (χ3v) is 7.32. The predicted molar refractivity (Wildman–Crippen MR) is 117 cm³/mol. The van der Waals surface area contributed by atoms with E-state index >= 15 is 0 Å². The molecule has 0 aliphatic rings. The lowest BCUT2D eigenvalue weighted by Gasteiger charge is -2.19. The predicted octanol–water partition coefficient (Wildman–Crippen LogP) is 3.94. The third kappa shape index (κ3) is 5.67. The molecular formula is C20H27ClN4O3S. The van der Waals surface area contributed by atoms with Gasteiger partial charge in [-0.2, -0.15) is 0 Å². The normalized spacial score (nSPS) is 11.9. The Morgan fingerprint density at radius 3 is 2.45 bits per heavy atom. The van der Waals surface area contributed by atoms with E-state index in [1.165, 1.54) is 6.20 Å². The second kappa shape index (κ2) is 9.09. The van der Waals surface area contributed by atoms with Gasteiger partial charge in [0.2, 0.25) is 5.95 Å². The van der Waals surface area contributed by atoms with Crippen molar-refractivity contribution in [3.63, 3.8) is 0 Å². The first-order valence-corrected chi connectivity index (χ1v) is 11.4. The number of carbonyl (C=O) groups excluding carboxylic acids is 1. The van der Waals surface area contributed by atoms with E-state index in [-0.39, 0.29) is 16.5 Å². The Labute approximate surface area is 177 Å². The number of rotatable bonds is 7. The zero-order valence-electron chi connectivity index (χ0n) is 17.4. The van der Waals surface area contributed by atoms with Crippen molar-refractivity contribution in [1.82, 2.24) is 9.97 Å². The van der Waals surface area contributed by atoms with Crippen LogP contribution in [0.25, 0.3) is 0 Å². The van der Waals surface area contributed by atoms with Crippen LogP contribution in [0.2, 0.25) is 5.02 Å². The summed E-state index contributed by atoms with van der Waals surface area (Å²) in [4.78, 5) is 23.1. The number of hydrogen-bond acceptors (Lipinski definition) is 6. The van der Waals surface area contributed by atoms with Gasteiger partial charge in [0.15, 0.2) is 15.5 Å². The summed E-state index contributed by atoms with van der Waals surface area (Å²) in [6.45, 7) is 10.3. The van der Waals surface area contributed by atoms with E-state index in [0.717, 1.165) is 0 Å². The SMILES string of the molecule is CCN(CC)c1ncc(Cl)c(C(=O)Nc2cccc(CS(=O)(=O)C(C)(C)C)c2)n1. The lowest BCUT2D eigenvalue weighted by atomic mass is 10.2. The number of nitrogens with one attached hydrogen (secondary N) is 1. The van der Waals surface area contributed by atoms with Gasteiger partial charge in [0.1, 0.15) is 0 Å². The van der Waals surface area contributed by atoms with Crippen molar-refractivity contribution >= 4 is 39.0 Å². The topological polar surface area (TPSA) is 92.3 Å². The maximum absolute atomic E-state index is 12.7. The van der Waals surface area contributed by atoms with E-state index in [1.807, 2.05) is 18.7 Å². The molecule has 0 aliphatic carbocycles. The maximum Gasteiger partial charge on any atom is 0.276 e. The molecule has 1 aromatic carbocycles. The van der Waals surface area contributed by atoms with Crippen LogP contribution in [-0.2, 0) is 15.6 Å². The molecule has 29 heavy (non-hydrogen) atoms. The second-order valence-corrected chi connectivity index (χ2v) is 10.7. The Morgan fingerprint density at radius 2 is 1.86 bits per heavy atom. The number of amides is 1. The van der Waals surface area contributed by atoms with Crippen molar-refractivity contribution < 1.29 is 13.2 Å². The van der Waals surface area contributed by atoms with Crippen molar-refractivity contribution in [1.29, 1.82) is 0 Å². The molecule has 0 bridgehead atoms. The van der Waals surface area contributed by atoms with Crippen molar-refractivity contribution in [3.05, 3.63) is 46.7 Å². The van der Waals surface area contributed by atoms with Gasteiger partial charge in [-0.25, -0.2) is 18.4 Å². The van der Waals surface area contributed by atoms with E-state index in [0.29, 0.717) is 30.3 Å². The number of halogens is 1. The number of carbonyl (C=O) groups is 1. The highest BCUT2D eigenvalue weighted by atomic mass is 35.5. The minimum atomic E-state index is -3.34. The van der Waals surface area contributed by atoms with Gasteiger partial charge >= 0.3 is 0 Å². The van der Waals surface area contributed by atoms with Crippen molar-refractivity contribution in [2.75, 3.05) is 23.3 Å². The quantitative estimate of drug-likeness (QED) is 0.703. The minimum Gasteiger partial charge on any atom is -0.341 e. The smallest absolute Gasteiger partial charge is 0.276 e. The third-order valence-electron chi connectivity index (χ3n) is 4.47. The zero-order chi connectivity index (χ0) is 21.8. The van der Waals surface area contributed by atoms with E-state index in [9.17, 15) is 13.2 Å². The molecule has 9 heteroatoms. The maximum atomic E-state index is 12.7. The van der Waals surface area contributed by atoms with Crippen LogP contribution < -0.4 is 10.2 Å². The minimum absolute atomic E-state index is 0.0660. The Bertz CT molecular complexity index is 983. The van der Waals surface area contributed by atoms with Gasteiger partial charge in [0.05, 0.1) is 21.7 Å². The number of sulfone groups is 1. The van der Waals surface area contributed by atoms with Crippen molar-refractivity contribution in [2.45, 2.75) is 45.1 Å². The van der Waals surface area contributed by atoms with E-state index in [2.05, 4.69) is 15.3 Å². The van der Waals surface area contributed by atoms with Crippen LogP contribution in [0.4, 0.5) is 11.6 Å². The van der Waals surface area contributed by atoms with Crippen LogP contribution in [0.3, 0.4) is 0 Å². The molecule has 7 nitrogen and oxygen atoms in total. The van der Waals surface area contributed by atoms with E-state index in [4.69, 9.17) is 11.6 Å². The van der Waals surface area contributed by atoms with Gasteiger partial charge in [-0.3, -0.25) is 4.79 Å². The van der Waals surface area contributed by atoms with Crippen LogP contribution in [0.5, 0.6) is 0 Å². The first kappa shape index (κ1) is 23.1. The molecule has 0 atom stereocenters. The number of nitrogens with zero attached hydrogens (tertiary/aromatic N) is 3. The summed E-state index contributed by atoms with van der Waals surface area (Å²) >= 11 is 6.13. The fourth-order valence-electron chi connectivity index (χ4n) is 2.54.